The number of oxime groups is 1. The lowest BCUT2D eigenvalue weighted by Gasteiger charge is -2.27. The highest BCUT2D eigenvalue weighted by atomic mass is 16.5. The van der Waals surface area contributed by atoms with E-state index in [9.17, 15) is 5.21 Å². The fourth-order valence-electron chi connectivity index (χ4n) is 5.94. The molecule has 0 saturated carbocycles. The summed E-state index contributed by atoms with van der Waals surface area (Å²) in [5.41, 5.74) is 7.43. The number of nitrogens with zero attached hydrogens (tertiary/aromatic N) is 1. The van der Waals surface area contributed by atoms with Gasteiger partial charge in [0.1, 0.15) is 24.7 Å². The van der Waals surface area contributed by atoms with Crippen molar-refractivity contribution in [1.29, 1.82) is 0 Å². The fourth-order valence-corrected chi connectivity index (χ4v) is 5.94. The third kappa shape index (κ3) is 8.77. The van der Waals surface area contributed by atoms with Crippen LogP contribution in [0.4, 0.5) is 0 Å². The molecule has 4 heteroatoms. The van der Waals surface area contributed by atoms with Gasteiger partial charge in [0.05, 0.1) is 5.71 Å². The quantitative estimate of drug-likeness (QED) is 0.0752. The molecule has 234 valence electrons. The van der Waals surface area contributed by atoms with Crippen molar-refractivity contribution in [2.24, 2.45) is 5.16 Å². The molecule has 0 fully saturated rings. The van der Waals surface area contributed by atoms with Crippen LogP contribution >= 0.6 is 0 Å². The summed E-state index contributed by atoms with van der Waals surface area (Å²) >= 11 is 0. The molecule has 0 bridgehead atoms. The molecule has 4 nitrogen and oxygen atoms in total. The van der Waals surface area contributed by atoms with E-state index in [0.717, 1.165) is 33.8 Å². The van der Waals surface area contributed by atoms with Crippen LogP contribution in [-0.2, 0) is 26.1 Å². The summed E-state index contributed by atoms with van der Waals surface area (Å²) in [6.45, 7) is 1.00. The average Bonchev–Trinajstić information content (AvgIpc) is 3.15. The zero-order valence-electron chi connectivity index (χ0n) is 26.4. The van der Waals surface area contributed by atoms with Crippen LogP contribution in [0, 0.1) is 0 Å². The Balaban J connectivity index is 1.30. The average molecular weight is 618 g/mol. The first-order valence-electron chi connectivity index (χ1n) is 16.1. The molecule has 6 aromatic rings. The van der Waals surface area contributed by atoms with E-state index in [1.165, 1.54) is 11.1 Å². The molecule has 0 spiro atoms. The molecule has 0 amide bonds. The normalized spacial score (nSPS) is 12.1. The van der Waals surface area contributed by atoms with Crippen LogP contribution in [0.15, 0.2) is 175 Å². The fraction of sp³-hybridized carbons (Fsp3) is 0.140. The van der Waals surface area contributed by atoms with Crippen molar-refractivity contribution in [2.75, 3.05) is 0 Å². The van der Waals surface area contributed by atoms with Crippen molar-refractivity contribution >= 4 is 5.71 Å². The van der Waals surface area contributed by atoms with Crippen molar-refractivity contribution in [3.05, 3.63) is 203 Å². The second-order valence-electron chi connectivity index (χ2n) is 11.7. The van der Waals surface area contributed by atoms with Crippen LogP contribution in [0.25, 0.3) is 0 Å². The van der Waals surface area contributed by atoms with E-state index in [-0.39, 0.29) is 11.8 Å². The third-order valence-electron chi connectivity index (χ3n) is 8.46. The van der Waals surface area contributed by atoms with Crippen LogP contribution in [0.1, 0.15) is 45.2 Å². The maximum Gasteiger partial charge on any atom is 0.119 e. The molecular weight excluding hydrogens is 578 g/mol. The smallest absolute Gasteiger partial charge is 0.119 e. The van der Waals surface area contributed by atoms with Gasteiger partial charge in [-0.15, -0.1) is 0 Å². The first-order chi connectivity index (χ1) is 23.2. The van der Waals surface area contributed by atoms with Crippen molar-refractivity contribution in [3.8, 4) is 11.5 Å². The van der Waals surface area contributed by atoms with Crippen LogP contribution in [-0.4, -0.2) is 10.9 Å². The number of ether oxygens (including phenoxy) is 2. The Morgan fingerprint density at radius 2 is 0.745 bits per heavy atom. The van der Waals surface area contributed by atoms with Gasteiger partial charge in [0, 0.05) is 11.8 Å². The van der Waals surface area contributed by atoms with E-state index in [4.69, 9.17) is 9.47 Å². The maximum atomic E-state index is 10.8. The van der Waals surface area contributed by atoms with Gasteiger partial charge in [-0.2, -0.15) is 0 Å². The lowest BCUT2D eigenvalue weighted by Crippen LogP contribution is -2.25. The van der Waals surface area contributed by atoms with Gasteiger partial charge in [-0.25, -0.2) is 0 Å². The van der Waals surface area contributed by atoms with E-state index in [2.05, 4.69) is 102 Å². The highest BCUT2D eigenvalue weighted by molar-refractivity contribution is 5.96. The standard InChI is InChI=1S/C43H39NO3/c45-44-43(41(29-33-13-5-1-6-14-33)37-21-25-39(26-22-37)46-31-35-17-9-3-10-18-35)42(30-34-15-7-2-8-16-34)38-23-27-40(28-24-38)47-32-36-19-11-4-12-20-36/h1-28,41-42,45H,29-32H2. The summed E-state index contributed by atoms with van der Waals surface area (Å²) in [6.07, 6.45) is 1.38. The molecular formula is C43H39NO3. The summed E-state index contributed by atoms with van der Waals surface area (Å²) < 4.78 is 12.2. The highest BCUT2D eigenvalue weighted by Gasteiger charge is 2.29. The van der Waals surface area contributed by atoms with Crippen LogP contribution in [0.3, 0.4) is 0 Å². The largest absolute Gasteiger partial charge is 0.489 e. The van der Waals surface area contributed by atoms with Crippen molar-refractivity contribution in [1.82, 2.24) is 0 Å². The minimum atomic E-state index is -0.173. The zero-order chi connectivity index (χ0) is 32.1. The van der Waals surface area contributed by atoms with E-state index < -0.39 is 0 Å². The molecule has 0 aromatic heterocycles. The van der Waals surface area contributed by atoms with Crippen LogP contribution in [0.5, 0.6) is 11.5 Å². The van der Waals surface area contributed by atoms with Gasteiger partial charge in [-0.05, 0) is 70.5 Å². The van der Waals surface area contributed by atoms with Crippen LogP contribution in [0.2, 0.25) is 0 Å². The number of hydrogen-bond acceptors (Lipinski definition) is 4. The Hall–Kier alpha value is -5.61. The van der Waals surface area contributed by atoms with E-state index in [1.807, 2.05) is 72.8 Å². The van der Waals surface area contributed by atoms with E-state index >= 15 is 0 Å². The molecule has 47 heavy (non-hydrogen) atoms. The second-order valence-corrected chi connectivity index (χ2v) is 11.7. The monoisotopic (exact) mass is 617 g/mol. The molecule has 0 aliphatic rings. The molecule has 0 saturated heterocycles. The second kappa shape index (κ2) is 16.1. The Kier molecular flexibility index (Phi) is 10.7. The maximum absolute atomic E-state index is 10.8. The third-order valence-corrected chi connectivity index (χ3v) is 8.46. The number of benzene rings is 6. The van der Waals surface area contributed by atoms with Gasteiger partial charge in [0.15, 0.2) is 0 Å². The topological polar surface area (TPSA) is 51.1 Å². The van der Waals surface area contributed by atoms with Crippen molar-refractivity contribution in [3.63, 3.8) is 0 Å². The Labute approximate surface area is 277 Å². The van der Waals surface area contributed by atoms with Gasteiger partial charge >= 0.3 is 0 Å². The molecule has 1 N–H and O–H groups in total. The molecule has 0 heterocycles. The van der Waals surface area contributed by atoms with Gasteiger partial charge in [0.25, 0.3) is 0 Å². The predicted octanol–water partition coefficient (Wildman–Crippen LogP) is 10.0. The SMILES string of the molecule is ON=C(C(Cc1ccccc1)c1ccc(OCc2ccccc2)cc1)C(Cc1ccccc1)c1ccc(OCc2ccccc2)cc1. The summed E-state index contributed by atoms with van der Waals surface area (Å²) in [7, 11) is 0. The van der Waals surface area contributed by atoms with Gasteiger partial charge in [-0.1, -0.05) is 151 Å². The Bertz CT molecular complexity index is 1670. The zero-order valence-corrected chi connectivity index (χ0v) is 26.4. The minimum Gasteiger partial charge on any atom is -0.489 e. The van der Waals surface area contributed by atoms with Crippen LogP contribution < -0.4 is 9.47 Å². The molecule has 2 atom stereocenters. The van der Waals surface area contributed by atoms with Crippen molar-refractivity contribution in [2.45, 2.75) is 37.9 Å². The lowest BCUT2D eigenvalue weighted by atomic mass is 9.77. The lowest BCUT2D eigenvalue weighted by molar-refractivity contribution is 0.306. The Morgan fingerprint density at radius 3 is 1.06 bits per heavy atom. The molecule has 6 rings (SSSR count). The predicted molar refractivity (Wildman–Crippen MR) is 189 cm³/mol. The number of hydrogen-bond donors (Lipinski definition) is 1. The van der Waals surface area contributed by atoms with Gasteiger partial charge < -0.3 is 14.7 Å². The molecule has 2 unspecified atom stereocenters. The van der Waals surface area contributed by atoms with Gasteiger partial charge in [0.2, 0.25) is 0 Å². The van der Waals surface area contributed by atoms with Gasteiger partial charge in [-0.3, -0.25) is 0 Å². The van der Waals surface area contributed by atoms with E-state index in [0.29, 0.717) is 31.8 Å². The summed E-state index contributed by atoms with van der Waals surface area (Å²) in [6, 6.07) is 57.5. The summed E-state index contributed by atoms with van der Waals surface area (Å²) in [5, 5.41) is 14.9. The first-order valence-corrected chi connectivity index (χ1v) is 16.1. The minimum absolute atomic E-state index is 0.173. The Morgan fingerprint density at radius 1 is 0.426 bits per heavy atom. The summed E-state index contributed by atoms with van der Waals surface area (Å²) in [5.74, 6) is 1.25. The first kappa shape index (κ1) is 31.4. The molecule has 6 aromatic carbocycles. The molecule has 0 radical (unpaired) electrons. The highest BCUT2D eigenvalue weighted by Crippen LogP contribution is 2.35. The molecule has 0 aliphatic heterocycles. The van der Waals surface area contributed by atoms with E-state index in [1.54, 1.807) is 0 Å². The summed E-state index contributed by atoms with van der Waals surface area (Å²) in [4.78, 5) is 0. The molecule has 0 aliphatic carbocycles. The number of rotatable bonds is 14. The van der Waals surface area contributed by atoms with Crippen molar-refractivity contribution < 1.29 is 14.7 Å².